The molecule has 1 saturated heterocycles. The lowest BCUT2D eigenvalue weighted by atomic mass is 10.3. The molecule has 1 aliphatic heterocycles. The van der Waals surface area contributed by atoms with Gasteiger partial charge < -0.3 is 15.1 Å². The van der Waals surface area contributed by atoms with Crippen LogP contribution in [0.1, 0.15) is 11.4 Å². The zero-order valence-corrected chi connectivity index (χ0v) is 16.6. The number of benzene rings is 1. The maximum Gasteiger partial charge on any atom is 0.322 e. The maximum atomic E-state index is 13.8. The lowest BCUT2D eigenvalue weighted by Gasteiger charge is -2.35. The summed E-state index contributed by atoms with van der Waals surface area (Å²) >= 11 is 0. The van der Waals surface area contributed by atoms with Gasteiger partial charge in [0.05, 0.1) is 11.4 Å². The van der Waals surface area contributed by atoms with Crippen LogP contribution in [0.4, 0.5) is 25.1 Å². The van der Waals surface area contributed by atoms with E-state index in [2.05, 4.69) is 25.2 Å². The first-order valence-corrected chi connectivity index (χ1v) is 9.51. The molecule has 8 nitrogen and oxygen atoms in total. The lowest BCUT2D eigenvalue weighted by molar-refractivity contribution is 0.208. The highest BCUT2D eigenvalue weighted by Crippen LogP contribution is 2.19. The standard InChI is InChI=1S/C20H21F2N7O/c1-13-14(2)29(12-25-13)19-10-18(23-11-24-19)27-5-7-28(8-6-27)20(30)26-17-9-15(21)3-4-16(17)22/h3-4,9-12H,5-8H2,1-2H3,(H,26,30). The van der Waals surface area contributed by atoms with Crippen LogP contribution in [0, 0.1) is 25.5 Å². The third-order valence-corrected chi connectivity index (χ3v) is 5.20. The third kappa shape index (κ3) is 3.93. The van der Waals surface area contributed by atoms with Gasteiger partial charge in [0.25, 0.3) is 0 Å². The number of piperazine rings is 1. The first-order valence-electron chi connectivity index (χ1n) is 9.51. The topological polar surface area (TPSA) is 79.2 Å². The third-order valence-electron chi connectivity index (χ3n) is 5.20. The average Bonchev–Trinajstić information content (AvgIpc) is 3.09. The van der Waals surface area contributed by atoms with Gasteiger partial charge in [0.2, 0.25) is 0 Å². The Hall–Kier alpha value is -3.56. The second-order valence-corrected chi connectivity index (χ2v) is 7.05. The summed E-state index contributed by atoms with van der Waals surface area (Å²) in [7, 11) is 0. The zero-order valence-electron chi connectivity index (χ0n) is 16.6. The van der Waals surface area contributed by atoms with Crippen molar-refractivity contribution >= 4 is 17.5 Å². The van der Waals surface area contributed by atoms with E-state index in [4.69, 9.17) is 0 Å². The van der Waals surface area contributed by atoms with Gasteiger partial charge in [-0.1, -0.05) is 0 Å². The summed E-state index contributed by atoms with van der Waals surface area (Å²) in [5, 5.41) is 2.43. The summed E-state index contributed by atoms with van der Waals surface area (Å²) in [5.41, 5.74) is 1.77. The molecule has 3 heterocycles. The van der Waals surface area contributed by atoms with Crippen LogP contribution >= 0.6 is 0 Å². The number of nitrogens with zero attached hydrogens (tertiary/aromatic N) is 6. The maximum absolute atomic E-state index is 13.8. The molecule has 1 aliphatic rings. The van der Waals surface area contributed by atoms with E-state index in [1.54, 1.807) is 11.2 Å². The van der Waals surface area contributed by atoms with Crippen LogP contribution in [0.3, 0.4) is 0 Å². The molecule has 0 radical (unpaired) electrons. The lowest BCUT2D eigenvalue weighted by Crippen LogP contribution is -2.50. The normalized spacial score (nSPS) is 14.1. The number of imidazole rings is 1. The second kappa shape index (κ2) is 8.05. The van der Waals surface area contributed by atoms with Crippen LogP contribution in [-0.4, -0.2) is 56.6 Å². The molecular weight excluding hydrogens is 392 g/mol. The molecule has 0 spiro atoms. The van der Waals surface area contributed by atoms with E-state index in [9.17, 15) is 13.6 Å². The summed E-state index contributed by atoms with van der Waals surface area (Å²) in [6.07, 6.45) is 3.23. The van der Waals surface area contributed by atoms with E-state index in [1.165, 1.54) is 6.33 Å². The Bertz CT molecular complexity index is 1080. The number of nitrogens with one attached hydrogen (secondary N) is 1. The van der Waals surface area contributed by atoms with Gasteiger partial charge in [-0.2, -0.15) is 0 Å². The molecule has 1 N–H and O–H groups in total. The van der Waals surface area contributed by atoms with E-state index in [0.717, 1.165) is 41.2 Å². The van der Waals surface area contributed by atoms with Gasteiger partial charge in [-0.05, 0) is 26.0 Å². The SMILES string of the molecule is Cc1ncn(-c2cc(N3CCN(C(=O)Nc4cc(F)ccc4F)CC3)ncn2)c1C. The number of hydrogen-bond acceptors (Lipinski definition) is 5. The van der Waals surface area contributed by atoms with E-state index in [-0.39, 0.29) is 5.69 Å². The van der Waals surface area contributed by atoms with Gasteiger partial charge in [0, 0.05) is 44.0 Å². The van der Waals surface area contributed by atoms with E-state index < -0.39 is 17.7 Å². The van der Waals surface area contributed by atoms with Gasteiger partial charge in [0.1, 0.15) is 35.9 Å². The fourth-order valence-electron chi connectivity index (χ4n) is 3.30. The predicted molar refractivity (Wildman–Crippen MR) is 108 cm³/mol. The Balaban J connectivity index is 1.41. The molecule has 0 bridgehead atoms. The molecular formula is C20H21F2N7O. The summed E-state index contributed by atoms with van der Waals surface area (Å²) in [4.78, 5) is 29.0. The monoisotopic (exact) mass is 413 g/mol. The van der Waals surface area contributed by atoms with E-state index in [0.29, 0.717) is 26.2 Å². The second-order valence-electron chi connectivity index (χ2n) is 7.05. The van der Waals surface area contributed by atoms with Crippen molar-refractivity contribution < 1.29 is 13.6 Å². The minimum atomic E-state index is -0.679. The Labute approximate surface area is 172 Å². The number of amides is 2. The number of rotatable bonds is 3. The number of aromatic nitrogens is 4. The number of carbonyl (C=O) groups is 1. The van der Waals surface area contributed by atoms with Gasteiger partial charge in [-0.25, -0.2) is 28.5 Å². The highest BCUT2D eigenvalue weighted by molar-refractivity contribution is 5.89. The molecule has 0 atom stereocenters. The number of aryl methyl sites for hydroxylation is 1. The first-order chi connectivity index (χ1) is 14.4. The van der Waals surface area contributed by atoms with Crippen LogP contribution in [0.15, 0.2) is 36.9 Å². The zero-order chi connectivity index (χ0) is 21.3. The number of anilines is 2. The summed E-state index contributed by atoms with van der Waals surface area (Å²) in [6, 6.07) is 4.37. The van der Waals surface area contributed by atoms with E-state index in [1.807, 2.05) is 24.5 Å². The van der Waals surface area contributed by atoms with Crippen LogP contribution in [0.5, 0.6) is 0 Å². The van der Waals surface area contributed by atoms with Crippen LogP contribution in [0.2, 0.25) is 0 Å². The molecule has 0 unspecified atom stereocenters. The minimum absolute atomic E-state index is 0.172. The molecule has 1 aromatic carbocycles. The fourth-order valence-corrected chi connectivity index (χ4v) is 3.30. The number of hydrogen-bond donors (Lipinski definition) is 1. The van der Waals surface area contributed by atoms with Crippen molar-refractivity contribution in [1.82, 2.24) is 24.4 Å². The van der Waals surface area contributed by atoms with Crippen molar-refractivity contribution in [1.29, 1.82) is 0 Å². The van der Waals surface area contributed by atoms with Gasteiger partial charge in [-0.3, -0.25) is 4.57 Å². The quantitative estimate of drug-likeness (QED) is 0.714. The smallest absolute Gasteiger partial charge is 0.322 e. The van der Waals surface area contributed by atoms with Crippen molar-refractivity contribution in [2.24, 2.45) is 0 Å². The summed E-state index contributed by atoms with van der Waals surface area (Å²) in [6.45, 7) is 5.86. The number of carbonyl (C=O) groups excluding carboxylic acids is 1. The van der Waals surface area contributed by atoms with Crippen LogP contribution in [0.25, 0.3) is 5.82 Å². The Kier molecular flexibility index (Phi) is 5.30. The first kappa shape index (κ1) is 19.7. The van der Waals surface area contributed by atoms with Crippen molar-refractivity contribution in [2.75, 3.05) is 36.4 Å². The molecule has 0 aliphatic carbocycles. The molecule has 30 heavy (non-hydrogen) atoms. The van der Waals surface area contributed by atoms with Crippen molar-refractivity contribution in [3.8, 4) is 5.82 Å². The number of halogens is 2. The molecule has 2 amide bonds. The predicted octanol–water partition coefficient (Wildman–Crippen LogP) is 2.91. The highest BCUT2D eigenvalue weighted by Gasteiger charge is 2.23. The number of urea groups is 1. The summed E-state index contributed by atoms with van der Waals surface area (Å²) in [5.74, 6) is 0.183. The van der Waals surface area contributed by atoms with Crippen LogP contribution in [-0.2, 0) is 0 Å². The minimum Gasteiger partial charge on any atom is -0.353 e. The van der Waals surface area contributed by atoms with Gasteiger partial charge in [0.15, 0.2) is 0 Å². The molecule has 3 aromatic rings. The Morgan fingerprint density at radius 3 is 2.43 bits per heavy atom. The Morgan fingerprint density at radius 1 is 1.00 bits per heavy atom. The molecule has 1 fully saturated rings. The van der Waals surface area contributed by atoms with Crippen LogP contribution < -0.4 is 10.2 Å². The van der Waals surface area contributed by atoms with Gasteiger partial charge >= 0.3 is 6.03 Å². The molecule has 4 rings (SSSR count). The van der Waals surface area contributed by atoms with Crippen molar-refractivity contribution in [3.63, 3.8) is 0 Å². The average molecular weight is 413 g/mol. The molecule has 0 saturated carbocycles. The largest absolute Gasteiger partial charge is 0.353 e. The van der Waals surface area contributed by atoms with Gasteiger partial charge in [-0.15, -0.1) is 0 Å². The molecule has 10 heteroatoms. The van der Waals surface area contributed by atoms with E-state index >= 15 is 0 Å². The highest BCUT2D eigenvalue weighted by atomic mass is 19.1. The molecule has 2 aromatic heterocycles. The van der Waals surface area contributed by atoms with Crippen molar-refractivity contribution in [3.05, 3.63) is 59.9 Å². The van der Waals surface area contributed by atoms with Crippen molar-refractivity contribution in [2.45, 2.75) is 13.8 Å². The fraction of sp³-hybridized carbons (Fsp3) is 0.300. The summed E-state index contributed by atoms with van der Waals surface area (Å²) < 4.78 is 29.0. The Morgan fingerprint density at radius 2 is 1.73 bits per heavy atom. The molecule has 156 valence electrons.